The number of nitrogens with zero attached hydrogens (tertiary/aromatic N) is 3. The normalized spacial score (nSPS) is 10.8. The highest BCUT2D eigenvalue weighted by Crippen LogP contribution is 2.02. The van der Waals surface area contributed by atoms with Gasteiger partial charge in [-0.05, 0) is 12.0 Å². The van der Waals surface area contributed by atoms with Crippen molar-refractivity contribution in [3.05, 3.63) is 35.9 Å². The van der Waals surface area contributed by atoms with Gasteiger partial charge in [0.15, 0.2) is 0 Å². The van der Waals surface area contributed by atoms with Crippen molar-refractivity contribution < 1.29 is 0 Å². The molecule has 82 valence electrons. The minimum Gasteiger partial charge on any atom is -0.277 e. The molecule has 0 spiro atoms. The Morgan fingerprint density at radius 1 is 1.20 bits per heavy atom. The van der Waals surface area contributed by atoms with Crippen molar-refractivity contribution in [1.29, 1.82) is 0 Å². The smallest absolute Gasteiger partial charge is 0.0624 e. The largest absolute Gasteiger partial charge is 0.277 e. The maximum atomic E-state index is 4.12. The van der Waals surface area contributed by atoms with Gasteiger partial charge in [0, 0.05) is 7.05 Å². The Balaban J connectivity index is 2.30. The average molecular weight is 205 g/mol. The molecule has 0 heterocycles. The molecule has 0 amide bonds. The number of rotatable bonds is 6. The van der Waals surface area contributed by atoms with Crippen molar-refractivity contribution >= 4 is 0 Å². The zero-order chi connectivity index (χ0) is 10.9. The second-order valence-electron chi connectivity index (χ2n) is 3.61. The maximum Gasteiger partial charge on any atom is 0.0624 e. The third-order valence-corrected chi connectivity index (χ3v) is 2.08. The number of benzene rings is 1. The van der Waals surface area contributed by atoms with Crippen LogP contribution in [0.5, 0.6) is 0 Å². The SMILES string of the molecule is CCCCN=NN(C)Cc1ccccc1. The monoisotopic (exact) mass is 205 g/mol. The molecule has 0 fully saturated rings. The lowest BCUT2D eigenvalue weighted by Gasteiger charge is -2.10. The predicted molar refractivity (Wildman–Crippen MR) is 62.5 cm³/mol. The Hall–Kier alpha value is -1.38. The van der Waals surface area contributed by atoms with Gasteiger partial charge in [-0.2, -0.15) is 5.11 Å². The van der Waals surface area contributed by atoms with E-state index in [4.69, 9.17) is 0 Å². The van der Waals surface area contributed by atoms with E-state index in [0.29, 0.717) is 0 Å². The van der Waals surface area contributed by atoms with Crippen LogP contribution in [0.15, 0.2) is 40.7 Å². The van der Waals surface area contributed by atoms with Crippen LogP contribution in [0.2, 0.25) is 0 Å². The Bertz CT molecular complexity index is 282. The molecule has 1 aromatic rings. The molecule has 3 heteroatoms. The fraction of sp³-hybridized carbons (Fsp3) is 0.500. The third kappa shape index (κ3) is 5.15. The van der Waals surface area contributed by atoms with Crippen LogP contribution in [0.3, 0.4) is 0 Å². The summed E-state index contributed by atoms with van der Waals surface area (Å²) in [6.07, 6.45) is 2.28. The van der Waals surface area contributed by atoms with Crippen LogP contribution in [0.4, 0.5) is 0 Å². The van der Waals surface area contributed by atoms with Gasteiger partial charge in [0.25, 0.3) is 0 Å². The van der Waals surface area contributed by atoms with Crippen molar-refractivity contribution in [3.63, 3.8) is 0 Å². The molecule has 15 heavy (non-hydrogen) atoms. The second-order valence-corrected chi connectivity index (χ2v) is 3.61. The van der Waals surface area contributed by atoms with E-state index in [-0.39, 0.29) is 0 Å². The summed E-state index contributed by atoms with van der Waals surface area (Å²) in [7, 11) is 1.95. The summed E-state index contributed by atoms with van der Waals surface area (Å²) < 4.78 is 0. The first kappa shape index (κ1) is 11.7. The van der Waals surface area contributed by atoms with E-state index in [2.05, 4.69) is 29.4 Å². The molecule has 0 aliphatic heterocycles. The fourth-order valence-electron chi connectivity index (χ4n) is 1.26. The van der Waals surface area contributed by atoms with E-state index in [0.717, 1.165) is 19.5 Å². The summed E-state index contributed by atoms with van der Waals surface area (Å²) >= 11 is 0. The first-order valence-corrected chi connectivity index (χ1v) is 5.45. The average Bonchev–Trinajstić information content (AvgIpc) is 2.26. The minimum atomic E-state index is 0.816. The lowest BCUT2D eigenvalue weighted by atomic mass is 10.2. The molecule has 0 N–H and O–H groups in total. The molecule has 1 aromatic carbocycles. The maximum absolute atomic E-state index is 4.12. The Labute approximate surface area is 91.8 Å². The van der Waals surface area contributed by atoms with Crippen molar-refractivity contribution in [2.75, 3.05) is 13.6 Å². The van der Waals surface area contributed by atoms with Gasteiger partial charge in [-0.15, -0.1) is 0 Å². The van der Waals surface area contributed by atoms with E-state index >= 15 is 0 Å². The van der Waals surface area contributed by atoms with Gasteiger partial charge in [-0.3, -0.25) is 5.01 Å². The molecule has 0 aliphatic carbocycles. The van der Waals surface area contributed by atoms with Crippen molar-refractivity contribution in [1.82, 2.24) is 5.01 Å². The van der Waals surface area contributed by atoms with Crippen molar-refractivity contribution in [2.24, 2.45) is 10.3 Å². The first-order chi connectivity index (χ1) is 7.33. The van der Waals surface area contributed by atoms with Gasteiger partial charge in [0.1, 0.15) is 0 Å². The van der Waals surface area contributed by atoms with Gasteiger partial charge in [-0.25, -0.2) is 0 Å². The van der Waals surface area contributed by atoms with Gasteiger partial charge in [-0.1, -0.05) is 48.9 Å². The van der Waals surface area contributed by atoms with Crippen molar-refractivity contribution in [3.8, 4) is 0 Å². The van der Waals surface area contributed by atoms with Crippen LogP contribution < -0.4 is 0 Å². The molecular weight excluding hydrogens is 186 g/mol. The quantitative estimate of drug-likeness (QED) is 0.398. The minimum absolute atomic E-state index is 0.816. The molecule has 0 unspecified atom stereocenters. The van der Waals surface area contributed by atoms with E-state index < -0.39 is 0 Å². The zero-order valence-electron chi connectivity index (χ0n) is 9.56. The highest BCUT2D eigenvalue weighted by Gasteiger charge is 1.94. The molecule has 0 saturated heterocycles. The van der Waals surface area contributed by atoms with Crippen LogP contribution in [-0.4, -0.2) is 18.6 Å². The molecule has 0 bridgehead atoms. The lowest BCUT2D eigenvalue weighted by Crippen LogP contribution is -2.09. The molecule has 0 aliphatic rings. The van der Waals surface area contributed by atoms with Crippen LogP contribution in [-0.2, 0) is 6.54 Å². The topological polar surface area (TPSA) is 28.0 Å². The van der Waals surface area contributed by atoms with Gasteiger partial charge in [0.2, 0.25) is 0 Å². The first-order valence-electron chi connectivity index (χ1n) is 5.45. The summed E-state index contributed by atoms with van der Waals surface area (Å²) in [6, 6.07) is 10.3. The van der Waals surface area contributed by atoms with E-state index in [9.17, 15) is 0 Å². The highest BCUT2D eigenvalue weighted by atomic mass is 15.5. The van der Waals surface area contributed by atoms with Gasteiger partial charge < -0.3 is 0 Å². The standard InChI is InChI=1S/C12H19N3/c1-3-4-10-13-14-15(2)11-12-8-6-5-7-9-12/h5-9H,3-4,10-11H2,1-2H3. The molecule has 0 atom stereocenters. The summed E-state index contributed by atoms with van der Waals surface area (Å²) in [5, 5.41) is 10.1. The summed E-state index contributed by atoms with van der Waals surface area (Å²) in [4.78, 5) is 0. The van der Waals surface area contributed by atoms with Crippen LogP contribution in [0.1, 0.15) is 25.3 Å². The molecule has 3 nitrogen and oxygen atoms in total. The molecule has 0 aromatic heterocycles. The molecule has 0 saturated carbocycles. The van der Waals surface area contributed by atoms with E-state index in [1.165, 1.54) is 12.0 Å². The Morgan fingerprint density at radius 2 is 1.93 bits per heavy atom. The molecule has 1 rings (SSSR count). The lowest BCUT2D eigenvalue weighted by molar-refractivity contribution is 0.317. The number of unbranched alkanes of at least 4 members (excludes halogenated alkanes) is 1. The van der Waals surface area contributed by atoms with E-state index in [1.807, 2.05) is 30.3 Å². The fourth-order valence-corrected chi connectivity index (χ4v) is 1.26. The molecule has 0 radical (unpaired) electrons. The Kier molecular flexibility index (Phi) is 5.44. The van der Waals surface area contributed by atoms with Crippen molar-refractivity contribution in [2.45, 2.75) is 26.3 Å². The van der Waals surface area contributed by atoms with Gasteiger partial charge >= 0.3 is 0 Å². The van der Waals surface area contributed by atoms with Crippen LogP contribution in [0.25, 0.3) is 0 Å². The third-order valence-electron chi connectivity index (χ3n) is 2.08. The molecular formula is C12H19N3. The summed E-state index contributed by atoms with van der Waals surface area (Å²) in [5.41, 5.74) is 1.26. The predicted octanol–water partition coefficient (Wildman–Crippen LogP) is 3.29. The highest BCUT2D eigenvalue weighted by molar-refractivity contribution is 5.14. The second kappa shape index (κ2) is 6.98. The summed E-state index contributed by atoms with van der Waals surface area (Å²) in [6.45, 7) is 3.80. The summed E-state index contributed by atoms with van der Waals surface area (Å²) in [5.74, 6) is 0. The van der Waals surface area contributed by atoms with Crippen LogP contribution in [0, 0.1) is 0 Å². The van der Waals surface area contributed by atoms with Crippen LogP contribution >= 0.6 is 0 Å². The Morgan fingerprint density at radius 3 is 2.60 bits per heavy atom. The van der Waals surface area contributed by atoms with E-state index in [1.54, 1.807) is 0 Å². The number of hydrogen-bond acceptors (Lipinski definition) is 2. The zero-order valence-corrected chi connectivity index (χ0v) is 9.56. The number of hydrogen-bond donors (Lipinski definition) is 0. The van der Waals surface area contributed by atoms with Gasteiger partial charge in [0.05, 0.1) is 13.1 Å².